The van der Waals surface area contributed by atoms with E-state index in [1.165, 1.54) is 4.90 Å². The summed E-state index contributed by atoms with van der Waals surface area (Å²) in [7, 11) is 0. The highest BCUT2D eigenvalue weighted by Crippen LogP contribution is 2.59. The Bertz CT molecular complexity index is 1450. The Hall–Kier alpha value is -3.95. The molecule has 4 aliphatic heterocycles. The van der Waals surface area contributed by atoms with E-state index in [-0.39, 0.29) is 19.1 Å². The van der Waals surface area contributed by atoms with Gasteiger partial charge in [0.05, 0.1) is 25.2 Å². The highest BCUT2D eigenvalue weighted by molar-refractivity contribution is 6.06. The summed E-state index contributed by atoms with van der Waals surface area (Å²) in [5, 5.41) is 10.8. The summed E-state index contributed by atoms with van der Waals surface area (Å²) in [6, 6.07) is 15.1. The third-order valence-electron chi connectivity index (χ3n) is 9.82. The number of hydrogen-bond acceptors (Lipinski definition) is 7. The average molecular weight is 600 g/mol. The molecule has 0 aromatic heterocycles. The SMILES string of the molecule is CCN(CC)c1ccc(N2CC=C[C@]34O[C@]5(CC)C=CCCOC(=O)[C@@H]5[C@H]3C(=O)N([C@H](CO)c3ccccc3)C4C2=O)cc1. The monoisotopic (exact) mass is 599 g/mol. The molecule has 1 spiro atoms. The molecule has 1 N–H and O–H groups in total. The second-order valence-corrected chi connectivity index (χ2v) is 11.9. The number of likely N-dealkylation sites (tertiary alicyclic amines) is 1. The Morgan fingerprint density at radius 3 is 2.32 bits per heavy atom. The van der Waals surface area contributed by atoms with Gasteiger partial charge in [-0.05, 0) is 56.5 Å². The lowest BCUT2D eigenvalue weighted by molar-refractivity contribution is -0.161. The molecule has 44 heavy (non-hydrogen) atoms. The molecule has 9 nitrogen and oxygen atoms in total. The van der Waals surface area contributed by atoms with E-state index in [0.717, 1.165) is 18.8 Å². The molecule has 0 radical (unpaired) electrons. The van der Waals surface area contributed by atoms with Crippen molar-refractivity contribution < 1.29 is 29.0 Å². The lowest BCUT2D eigenvalue weighted by atomic mass is 9.73. The Morgan fingerprint density at radius 2 is 1.66 bits per heavy atom. The van der Waals surface area contributed by atoms with Crippen LogP contribution in [-0.4, -0.2) is 77.9 Å². The van der Waals surface area contributed by atoms with Crippen molar-refractivity contribution in [1.29, 1.82) is 0 Å². The van der Waals surface area contributed by atoms with E-state index in [9.17, 15) is 19.5 Å². The third-order valence-corrected chi connectivity index (χ3v) is 9.82. The number of carbonyl (C=O) groups excluding carboxylic acids is 3. The van der Waals surface area contributed by atoms with Gasteiger partial charge in [-0.25, -0.2) is 0 Å². The van der Waals surface area contributed by atoms with E-state index in [4.69, 9.17) is 9.47 Å². The first kappa shape index (κ1) is 30.1. The van der Waals surface area contributed by atoms with Crippen LogP contribution in [-0.2, 0) is 23.9 Å². The van der Waals surface area contributed by atoms with Crippen molar-refractivity contribution in [2.45, 2.75) is 56.9 Å². The number of aliphatic hydroxyl groups excluding tert-OH is 1. The predicted octanol–water partition coefficient (Wildman–Crippen LogP) is 4.03. The van der Waals surface area contributed by atoms with Crippen LogP contribution in [0.1, 0.15) is 45.2 Å². The van der Waals surface area contributed by atoms with Gasteiger partial charge < -0.3 is 29.3 Å². The number of anilines is 2. The maximum absolute atomic E-state index is 14.9. The molecule has 2 aromatic rings. The van der Waals surface area contributed by atoms with Crippen LogP contribution >= 0.6 is 0 Å². The molecule has 0 aliphatic carbocycles. The van der Waals surface area contributed by atoms with Gasteiger partial charge in [-0.15, -0.1) is 0 Å². The molecule has 2 aromatic carbocycles. The van der Waals surface area contributed by atoms with E-state index in [0.29, 0.717) is 24.1 Å². The largest absolute Gasteiger partial charge is 0.465 e. The molecule has 2 saturated heterocycles. The van der Waals surface area contributed by atoms with Crippen LogP contribution in [0.25, 0.3) is 0 Å². The molecule has 4 aliphatic rings. The van der Waals surface area contributed by atoms with Crippen LogP contribution in [0, 0.1) is 11.8 Å². The van der Waals surface area contributed by atoms with Crippen molar-refractivity contribution in [3.8, 4) is 0 Å². The van der Waals surface area contributed by atoms with Crippen LogP contribution in [0.15, 0.2) is 78.9 Å². The number of amides is 2. The molecule has 0 saturated carbocycles. The number of nitrogens with zero attached hydrogens (tertiary/aromatic N) is 3. The molecule has 4 heterocycles. The summed E-state index contributed by atoms with van der Waals surface area (Å²) in [6.07, 6.45) is 8.48. The first-order chi connectivity index (χ1) is 21.4. The van der Waals surface area contributed by atoms with Crippen LogP contribution in [0.3, 0.4) is 0 Å². The molecule has 9 heteroatoms. The van der Waals surface area contributed by atoms with Crippen LogP contribution in [0.4, 0.5) is 11.4 Å². The summed E-state index contributed by atoms with van der Waals surface area (Å²) in [6.45, 7) is 7.92. The van der Waals surface area contributed by atoms with E-state index >= 15 is 0 Å². The minimum Gasteiger partial charge on any atom is -0.465 e. The zero-order chi connectivity index (χ0) is 31.1. The molecule has 6 atom stereocenters. The van der Waals surface area contributed by atoms with Crippen LogP contribution in [0.2, 0.25) is 0 Å². The number of aliphatic hydroxyl groups is 1. The number of rotatable bonds is 8. The van der Waals surface area contributed by atoms with Crippen LogP contribution < -0.4 is 9.80 Å². The van der Waals surface area contributed by atoms with Gasteiger partial charge in [-0.2, -0.15) is 0 Å². The Kier molecular flexibility index (Phi) is 8.11. The molecule has 6 rings (SSSR count). The van der Waals surface area contributed by atoms with Gasteiger partial charge in [-0.1, -0.05) is 61.6 Å². The van der Waals surface area contributed by atoms with Crippen molar-refractivity contribution >= 4 is 29.2 Å². The molecular formula is C35H41N3O6. The maximum Gasteiger partial charge on any atom is 0.313 e. The second kappa shape index (κ2) is 11.9. The van der Waals surface area contributed by atoms with E-state index in [1.54, 1.807) is 4.90 Å². The quantitative estimate of drug-likeness (QED) is 0.361. The standard InChI is InChI=1S/C35H41N3O6/c1-4-34-19-10-11-22-43-33(42)29(34)28-31(40)38(27(23-39)24-13-8-7-9-14-24)30-32(41)37(21-12-20-35(28,30)44-34)26-17-15-25(16-18-26)36(5-2)6-3/h7-10,12-20,27-30,39H,4-6,11,21-23H2,1-3H3/t27-,28+,29+,30?,34-,35+/m1/s1. The van der Waals surface area contributed by atoms with Gasteiger partial charge >= 0.3 is 5.97 Å². The number of carbonyl (C=O) groups is 3. The maximum atomic E-state index is 14.9. The predicted molar refractivity (Wildman–Crippen MR) is 167 cm³/mol. The Morgan fingerprint density at radius 1 is 0.932 bits per heavy atom. The van der Waals surface area contributed by atoms with Crippen molar-refractivity contribution in [3.63, 3.8) is 0 Å². The summed E-state index contributed by atoms with van der Waals surface area (Å²) in [4.78, 5) is 48.7. The minimum absolute atomic E-state index is 0.210. The third kappa shape index (κ3) is 4.56. The summed E-state index contributed by atoms with van der Waals surface area (Å²) in [5.74, 6) is -3.18. The highest BCUT2D eigenvalue weighted by atomic mass is 16.6. The molecule has 2 fully saturated rings. The zero-order valence-electron chi connectivity index (χ0n) is 25.6. The number of ether oxygens (including phenoxy) is 2. The first-order valence-corrected chi connectivity index (χ1v) is 15.7. The highest BCUT2D eigenvalue weighted by Gasteiger charge is 2.76. The molecule has 232 valence electrons. The minimum atomic E-state index is -1.44. The fourth-order valence-electron chi connectivity index (χ4n) is 7.70. The number of hydrogen-bond donors (Lipinski definition) is 1. The number of benzene rings is 2. The smallest absolute Gasteiger partial charge is 0.313 e. The van der Waals surface area contributed by atoms with Gasteiger partial charge in [0.15, 0.2) is 0 Å². The van der Waals surface area contributed by atoms with Gasteiger partial charge in [0, 0.05) is 31.0 Å². The van der Waals surface area contributed by atoms with Gasteiger partial charge in [0.1, 0.15) is 23.2 Å². The first-order valence-electron chi connectivity index (χ1n) is 15.7. The van der Waals surface area contributed by atoms with Gasteiger partial charge in [-0.3, -0.25) is 14.4 Å². The normalized spacial score (nSPS) is 30.2. The molecule has 0 bridgehead atoms. The van der Waals surface area contributed by atoms with Crippen LogP contribution in [0.5, 0.6) is 0 Å². The second-order valence-electron chi connectivity index (χ2n) is 11.9. The summed E-state index contributed by atoms with van der Waals surface area (Å²) in [5.41, 5.74) is -0.121. The Balaban J connectivity index is 1.50. The number of cyclic esters (lactones) is 1. The zero-order valence-corrected chi connectivity index (χ0v) is 25.6. The molecule has 1 unspecified atom stereocenters. The lowest BCUT2D eigenvalue weighted by Gasteiger charge is -2.41. The fraction of sp³-hybridized carbons (Fsp3) is 0.457. The van der Waals surface area contributed by atoms with Gasteiger partial charge in [0.2, 0.25) is 5.91 Å². The van der Waals surface area contributed by atoms with E-state index < -0.39 is 53.6 Å². The number of esters is 1. The Labute approximate surface area is 258 Å². The molecular weight excluding hydrogens is 558 g/mol. The fourth-order valence-corrected chi connectivity index (χ4v) is 7.70. The van der Waals surface area contributed by atoms with E-state index in [2.05, 4.69) is 18.7 Å². The molecule has 2 amide bonds. The van der Waals surface area contributed by atoms with Crippen molar-refractivity contribution in [1.82, 2.24) is 4.90 Å². The summed E-state index contributed by atoms with van der Waals surface area (Å²) < 4.78 is 12.6. The topological polar surface area (TPSA) is 99.6 Å². The number of fused-ring (bicyclic) bond motifs is 2. The average Bonchev–Trinajstić information content (AvgIpc) is 3.39. The van der Waals surface area contributed by atoms with Crippen molar-refractivity contribution in [2.24, 2.45) is 11.8 Å². The van der Waals surface area contributed by atoms with Crippen molar-refractivity contribution in [3.05, 3.63) is 84.5 Å². The van der Waals surface area contributed by atoms with Gasteiger partial charge in [0.25, 0.3) is 5.91 Å². The summed E-state index contributed by atoms with van der Waals surface area (Å²) >= 11 is 0. The van der Waals surface area contributed by atoms with Crippen molar-refractivity contribution in [2.75, 3.05) is 42.6 Å². The van der Waals surface area contributed by atoms with E-state index in [1.807, 2.05) is 85.8 Å². The lowest BCUT2D eigenvalue weighted by Crippen LogP contribution is -2.57.